The van der Waals surface area contributed by atoms with Crippen LogP contribution in [0.4, 0.5) is 10.1 Å². The molecule has 0 aliphatic carbocycles. The van der Waals surface area contributed by atoms with Crippen LogP contribution in [-0.4, -0.2) is 36.7 Å². The number of rotatable bonds is 3. The SMILES string of the molecule is CCOC(=O)C1[C@H]2C=CC3(CN(c4ccc(Cl)c(F)c4)C(=O)[C@@H]13)O2. The molecule has 7 heteroatoms. The van der Waals surface area contributed by atoms with Crippen molar-refractivity contribution in [3.63, 3.8) is 0 Å². The number of hydrogen-bond acceptors (Lipinski definition) is 4. The lowest BCUT2D eigenvalue weighted by Gasteiger charge is -2.22. The van der Waals surface area contributed by atoms with Crippen molar-refractivity contribution in [3.8, 4) is 0 Å². The number of ether oxygens (including phenoxy) is 2. The molecule has 3 heterocycles. The van der Waals surface area contributed by atoms with Crippen molar-refractivity contribution in [2.45, 2.75) is 18.6 Å². The van der Waals surface area contributed by atoms with Gasteiger partial charge in [-0.1, -0.05) is 23.8 Å². The zero-order valence-electron chi connectivity index (χ0n) is 12.9. The van der Waals surface area contributed by atoms with Crippen LogP contribution in [0.25, 0.3) is 0 Å². The molecule has 2 saturated heterocycles. The smallest absolute Gasteiger partial charge is 0.312 e. The van der Waals surface area contributed by atoms with Gasteiger partial charge in [-0.05, 0) is 25.1 Å². The van der Waals surface area contributed by atoms with E-state index in [9.17, 15) is 14.0 Å². The molecule has 3 aliphatic rings. The van der Waals surface area contributed by atoms with Gasteiger partial charge in [0.05, 0.1) is 30.2 Å². The van der Waals surface area contributed by atoms with Crippen LogP contribution in [0.5, 0.6) is 0 Å². The van der Waals surface area contributed by atoms with Gasteiger partial charge in [0.1, 0.15) is 17.3 Å². The molecule has 3 aliphatic heterocycles. The van der Waals surface area contributed by atoms with Gasteiger partial charge in [-0.3, -0.25) is 9.59 Å². The van der Waals surface area contributed by atoms with Crippen LogP contribution in [0.15, 0.2) is 30.4 Å². The second-order valence-electron chi connectivity index (χ2n) is 6.17. The first kappa shape index (κ1) is 15.6. The molecule has 1 aromatic carbocycles. The summed E-state index contributed by atoms with van der Waals surface area (Å²) in [5.41, 5.74) is -0.455. The maximum Gasteiger partial charge on any atom is 0.312 e. The van der Waals surface area contributed by atoms with Crippen molar-refractivity contribution < 1.29 is 23.5 Å². The molecule has 1 amide bonds. The lowest BCUT2D eigenvalue weighted by Crippen LogP contribution is -2.40. The highest BCUT2D eigenvalue weighted by atomic mass is 35.5. The first-order valence-electron chi connectivity index (χ1n) is 7.77. The van der Waals surface area contributed by atoms with Gasteiger partial charge in [-0.25, -0.2) is 4.39 Å². The largest absolute Gasteiger partial charge is 0.466 e. The van der Waals surface area contributed by atoms with Crippen LogP contribution >= 0.6 is 11.6 Å². The fourth-order valence-corrected chi connectivity index (χ4v) is 3.99. The molecular formula is C17H15ClFNO4. The highest BCUT2D eigenvalue weighted by Crippen LogP contribution is 2.53. The first-order valence-corrected chi connectivity index (χ1v) is 8.15. The number of carbonyl (C=O) groups excluding carboxylic acids is 2. The molecule has 0 N–H and O–H groups in total. The molecule has 5 nitrogen and oxygen atoms in total. The van der Waals surface area contributed by atoms with Crippen LogP contribution in [0.3, 0.4) is 0 Å². The summed E-state index contributed by atoms with van der Waals surface area (Å²) in [7, 11) is 0. The number of hydrogen-bond donors (Lipinski definition) is 0. The summed E-state index contributed by atoms with van der Waals surface area (Å²) in [5.74, 6) is -2.60. The summed E-state index contributed by atoms with van der Waals surface area (Å²) in [6, 6.07) is 4.20. The van der Waals surface area contributed by atoms with Crippen LogP contribution in [0.2, 0.25) is 5.02 Å². The van der Waals surface area contributed by atoms with Gasteiger partial charge < -0.3 is 14.4 Å². The van der Waals surface area contributed by atoms with Crippen LogP contribution in [0.1, 0.15) is 6.92 Å². The van der Waals surface area contributed by atoms with E-state index in [2.05, 4.69) is 0 Å². The summed E-state index contributed by atoms with van der Waals surface area (Å²) < 4.78 is 24.8. The van der Waals surface area contributed by atoms with Crippen LogP contribution in [-0.2, 0) is 19.1 Å². The van der Waals surface area contributed by atoms with E-state index in [1.807, 2.05) is 6.08 Å². The summed E-state index contributed by atoms with van der Waals surface area (Å²) in [5, 5.41) is -0.00905. The Labute approximate surface area is 143 Å². The van der Waals surface area contributed by atoms with Crippen molar-refractivity contribution in [2.75, 3.05) is 18.1 Å². The average molecular weight is 352 g/mol. The van der Waals surface area contributed by atoms with Gasteiger partial charge in [0, 0.05) is 5.69 Å². The van der Waals surface area contributed by atoms with Crippen molar-refractivity contribution in [1.29, 1.82) is 0 Å². The van der Waals surface area contributed by atoms with Gasteiger partial charge >= 0.3 is 5.97 Å². The Morgan fingerprint density at radius 3 is 3.04 bits per heavy atom. The van der Waals surface area contributed by atoms with Gasteiger partial charge in [-0.15, -0.1) is 0 Å². The molecule has 0 aromatic heterocycles. The molecule has 1 spiro atoms. The fraction of sp³-hybridized carbons (Fsp3) is 0.412. The van der Waals surface area contributed by atoms with E-state index in [1.54, 1.807) is 19.1 Å². The number of amides is 1. The highest BCUT2D eigenvalue weighted by molar-refractivity contribution is 6.30. The van der Waals surface area contributed by atoms with E-state index in [1.165, 1.54) is 17.0 Å². The van der Waals surface area contributed by atoms with E-state index in [-0.39, 0.29) is 24.1 Å². The molecule has 4 atom stereocenters. The molecule has 2 fully saturated rings. The molecule has 2 bridgehead atoms. The van der Waals surface area contributed by atoms with E-state index in [0.29, 0.717) is 5.69 Å². The molecule has 0 saturated carbocycles. The summed E-state index contributed by atoms with van der Waals surface area (Å²) >= 11 is 5.70. The summed E-state index contributed by atoms with van der Waals surface area (Å²) in [6.45, 7) is 2.20. The number of carbonyl (C=O) groups is 2. The van der Waals surface area contributed by atoms with Gasteiger partial charge in [0.25, 0.3) is 0 Å². The third kappa shape index (κ3) is 2.03. The summed E-state index contributed by atoms with van der Waals surface area (Å²) in [4.78, 5) is 26.7. The van der Waals surface area contributed by atoms with Crippen molar-refractivity contribution in [3.05, 3.63) is 41.2 Å². The number of esters is 1. The van der Waals surface area contributed by atoms with E-state index in [0.717, 1.165) is 0 Å². The average Bonchev–Trinajstić information content (AvgIpc) is 3.19. The Bertz CT molecular complexity index is 767. The highest BCUT2D eigenvalue weighted by Gasteiger charge is 2.67. The third-order valence-corrected chi connectivity index (χ3v) is 5.18. The van der Waals surface area contributed by atoms with Crippen molar-refractivity contribution in [1.82, 2.24) is 0 Å². The predicted octanol–water partition coefficient (Wildman–Crippen LogP) is 2.33. The van der Waals surface area contributed by atoms with Gasteiger partial charge in [-0.2, -0.15) is 0 Å². The monoisotopic (exact) mass is 351 g/mol. The van der Waals surface area contributed by atoms with E-state index >= 15 is 0 Å². The lowest BCUT2D eigenvalue weighted by molar-refractivity contribution is -0.151. The third-order valence-electron chi connectivity index (χ3n) is 4.87. The fourth-order valence-electron chi connectivity index (χ4n) is 3.88. The zero-order valence-corrected chi connectivity index (χ0v) is 13.6. The van der Waals surface area contributed by atoms with E-state index < -0.39 is 35.3 Å². The Hall–Kier alpha value is -1.92. The number of nitrogens with zero attached hydrogens (tertiary/aromatic N) is 1. The first-order chi connectivity index (χ1) is 11.5. The number of halogens is 2. The van der Waals surface area contributed by atoms with Gasteiger partial charge in [0.15, 0.2) is 0 Å². The minimum atomic E-state index is -0.852. The lowest BCUT2D eigenvalue weighted by atomic mass is 9.77. The normalized spacial score (nSPS) is 33.2. The van der Waals surface area contributed by atoms with E-state index in [4.69, 9.17) is 21.1 Å². The minimum Gasteiger partial charge on any atom is -0.466 e. The maximum atomic E-state index is 13.8. The maximum absolute atomic E-state index is 13.8. The number of fused-ring (bicyclic) bond motifs is 1. The second kappa shape index (κ2) is 5.29. The molecule has 0 radical (unpaired) electrons. The number of benzene rings is 1. The predicted molar refractivity (Wildman–Crippen MR) is 84.1 cm³/mol. The van der Waals surface area contributed by atoms with Crippen LogP contribution < -0.4 is 4.90 Å². The molecule has 1 aromatic rings. The Kier molecular flexibility index (Phi) is 3.44. The zero-order chi connectivity index (χ0) is 17.1. The standard InChI is InChI=1S/C17H15ClFNO4/c1-2-23-16(22)13-12-5-6-17(24-12)8-20(15(21)14(13)17)9-3-4-10(18)11(19)7-9/h3-7,12-14H,2,8H2,1H3/t12-,13?,14-,17?/m1/s1. The topological polar surface area (TPSA) is 55.8 Å². The van der Waals surface area contributed by atoms with Crippen molar-refractivity contribution in [2.24, 2.45) is 11.8 Å². The number of anilines is 1. The quantitative estimate of drug-likeness (QED) is 0.619. The Morgan fingerprint density at radius 1 is 1.54 bits per heavy atom. The Balaban J connectivity index is 1.69. The minimum absolute atomic E-state index is 0.00905. The molecule has 2 unspecified atom stereocenters. The summed E-state index contributed by atoms with van der Waals surface area (Å²) in [6.07, 6.45) is 3.20. The van der Waals surface area contributed by atoms with Gasteiger partial charge in [0.2, 0.25) is 5.91 Å². The molecule has 4 rings (SSSR count). The Morgan fingerprint density at radius 2 is 2.33 bits per heavy atom. The second-order valence-corrected chi connectivity index (χ2v) is 6.58. The van der Waals surface area contributed by atoms with Crippen molar-refractivity contribution >= 4 is 29.2 Å². The molecule has 24 heavy (non-hydrogen) atoms. The molecular weight excluding hydrogens is 337 g/mol. The van der Waals surface area contributed by atoms with Crippen LogP contribution in [0, 0.1) is 17.7 Å². The molecule has 126 valence electrons.